The van der Waals surface area contributed by atoms with Gasteiger partial charge in [0.15, 0.2) is 0 Å². The number of nitrogens with one attached hydrogen (secondary N) is 1. The minimum Gasteiger partial charge on any atom is -0.398 e. The molecule has 6 nitrogen and oxygen atoms in total. The number of para-hydroxylation sites is 1. The maximum Gasteiger partial charge on any atom is 0.215 e. The molecule has 0 aliphatic carbocycles. The Morgan fingerprint density at radius 2 is 1.86 bits per heavy atom. The zero-order valence-corrected chi connectivity index (χ0v) is 13.3. The number of nitrogens with zero attached hydrogens (tertiary/aromatic N) is 2. The van der Waals surface area contributed by atoms with E-state index in [1.807, 2.05) is 0 Å². The third-order valence-electron chi connectivity index (χ3n) is 3.75. The minimum atomic E-state index is -3.34. The molecule has 7 heteroatoms. The summed E-state index contributed by atoms with van der Waals surface area (Å²) in [5, 5.41) is 0. The highest BCUT2D eigenvalue weighted by atomic mass is 32.2. The van der Waals surface area contributed by atoms with Gasteiger partial charge >= 0.3 is 0 Å². The van der Waals surface area contributed by atoms with Crippen LogP contribution in [0.5, 0.6) is 0 Å². The van der Waals surface area contributed by atoms with Crippen LogP contribution in [0.1, 0.15) is 5.56 Å². The molecule has 0 radical (unpaired) electrons. The Labute approximate surface area is 127 Å². The van der Waals surface area contributed by atoms with Crippen LogP contribution in [0.2, 0.25) is 0 Å². The van der Waals surface area contributed by atoms with Crippen molar-refractivity contribution in [3.05, 3.63) is 29.8 Å². The first-order chi connectivity index (χ1) is 9.96. The Balaban J connectivity index is 1.78. The van der Waals surface area contributed by atoms with Crippen LogP contribution in [0, 0.1) is 0 Å². The van der Waals surface area contributed by atoms with Gasteiger partial charge in [-0.3, -0.25) is 4.90 Å². The minimum absolute atomic E-state index is 0.0671. The van der Waals surface area contributed by atoms with E-state index in [4.69, 9.17) is 5.73 Å². The number of rotatable bonds is 6. The third kappa shape index (κ3) is 5.28. The Hall–Kier alpha value is -1.15. The van der Waals surface area contributed by atoms with Crippen LogP contribution in [-0.2, 0) is 15.8 Å². The van der Waals surface area contributed by atoms with E-state index in [1.54, 1.807) is 24.3 Å². The lowest BCUT2D eigenvalue weighted by Gasteiger charge is -2.32. The van der Waals surface area contributed by atoms with Crippen LogP contribution in [0.25, 0.3) is 0 Å². The molecule has 0 aromatic heterocycles. The topological polar surface area (TPSA) is 78.7 Å². The Morgan fingerprint density at radius 1 is 1.19 bits per heavy atom. The normalized spacial score (nSPS) is 18.0. The molecule has 1 aliphatic rings. The van der Waals surface area contributed by atoms with Crippen LogP contribution < -0.4 is 10.5 Å². The maximum atomic E-state index is 12.1. The van der Waals surface area contributed by atoms with Gasteiger partial charge in [0, 0.05) is 45.0 Å². The molecule has 3 N–H and O–H groups in total. The van der Waals surface area contributed by atoms with Crippen LogP contribution in [0.3, 0.4) is 0 Å². The summed E-state index contributed by atoms with van der Waals surface area (Å²) in [7, 11) is -1.23. The summed E-state index contributed by atoms with van der Waals surface area (Å²) in [5.41, 5.74) is 6.94. The quantitative estimate of drug-likeness (QED) is 0.719. The highest BCUT2D eigenvalue weighted by molar-refractivity contribution is 7.88. The second-order valence-electron chi connectivity index (χ2n) is 5.50. The summed E-state index contributed by atoms with van der Waals surface area (Å²) >= 11 is 0. The monoisotopic (exact) mass is 312 g/mol. The van der Waals surface area contributed by atoms with Gasteiger partial charge in [-0.1, -0.05) is 18.2 Å². The Kier molecular flexibility index (Phi) is 5.58. The molecule has 1 aromatic rings. The van der Waals surface area contributed by atoms with Crippen LogP contribution in [-0.4, -0.2) is 64.5 Å². The number of piperazine rings is 1. The fourth-order valence-corrected chi connectivity index (χ4v) is 3.53. The van der Waals surface area contributed by atoms with Crippen molar-refractivity contribution in [3.63, 3.8) is 0 Å². The predicted octanol–water partition coefficient (Wildman–Crippen LogP) is -0.0644. The molecule has 21 heavy (non-hydrogen) atoms. The predicted molar refractivity (Wildman–Crippen MR) is 85.4 cm³/mol. The first-order valence-corrected chi connectivity index (χ1v) is 8.83. The first-order valence-electron chi connectivity index (χ1n) is 7.18. The van der Waals surface area contributed by atoms with Crippen LogP contribution >= 0.6 is 0 Å². The van der Waals surface area contributed by atoms with Crippen molar-refractivity contribution in [2.24, 2.45) is 0 Å². The number of benzene rings is 1. The van der Waals surface area contributed by atoms with Crippen molar-refractivity contribution < 1.29 is 8.42 Å². The zero-order valence-electron chi connectivity index (χ0n) is 12.5. The van der Waals surface area contributed by atoms with E-state index in [2.05, 4.69) is 21.6 Å². The molecule has 0 saturated carbocycles. The fraction of sp³-hybridized carbons (Fsp3) is 0.571. The van der Waals surface area contributed by atoms with Gasteiger partial charge in [0.1, 0.15) is 0 Å². The molecule has 1 aliphatic heterocycles. The highest BCUT2D eigenvalue weighted by Gasteiger charge is 2.16. The lowest BCUT2D eigenvalue weighted by molar-refractivity contribution is 0.156. The summed E-state index contributed by atoms with van der Waals surface area (Å²) in [6.07, 6.45) is 0. The molecule has 0 atom stereocenters. The van der Waals surface area contributed by atoms with E-state index < -0.39 is 10.0 Å². The molecule has 118 valence electrons. The molecular weight excluding hydrogens is 288 g/mol. The van der Waals surface area contributed by atoms with E-state index in [1.165, 1.54) is 0 Å². The molecule has 2 rings (SSSR count). The van der Waals surface area contributed by atoms with E-state index in [-0.39, 0.29) is 5.75 Å². The largest absolute Gasteiger partial charge is 0.398 e. The van der Waals surface area contributed by atoms with Crippen molar-refractivity contribution >= 4 is 15.7 Å². The highest BCUT2D eigenvalue weighted by Crippen LogP contribution is 2.13. The van der Waals surface area contributed by atoms with Gasteiger partial charge in [0.2, 0.25) is 10.0 Å². The summed E-state index contributed by atoms with van der Waals surface area (Å²) in [5.74, 6) is -0.0671. The SMILES string of the molecule is CN1CCN(CCNS(=O)(=O)Cc2ccccc2N)CC1. The van der Waals surface area contributed by atoms with E-state index >= 15 is 0 Å². The lowest BCUT2D eigenvalue weighted by Crippen LogP contribution is -2.47. The second kappa shape index (κ2) is 7.22. The molecule has 0 spiro atoms. The van der Waals surface area contributed by atoms with Gasteiger partial charge in [-0.15, -0.1) is 0 Å². The molecule has 1 fully saturated rings. The van der Waals surface area contributed by atoms with Crippen molar-refractivity contribution in [2.75, 3.05) is 52.0 Å². The maximum absolute atomic E-state index is 12.1. The average Bonchev–Trinajstić information content (AvgIpc) is 2.43. The Bertz CT molecular complexity index is 554. The summed E-state index contributed by atoms with van der Waals surface area (Å²) in [4.78, 5) is 4.55. The van der Waals surface area contributed by atoms with Crippen molar-refractivity contribution in [1.82, 2.24) is 14.5 Å². The molecular formula is C14H24N4O2S. The standard InChI is InChI=1S/C14H24N4O2S/c1-17-8-10-18(11-9-17)7-6-16-21(19,20)12-13-4-2-3-5-14(13)15/h2-5,16H,6-12,15H2,1H3. The second-order valence-corrected chi connectivity index (χ2v) is 7.30. The van der Waals surface area contributed by atoms with E-state index in [9.17, 15) is 8.42 Å². The molecule has 1 saturated heterocycles. The third-order valence-corrected chi connectivity index (χ3v) is 5.08. The number of likely N-dealkylation sites (N-methyl/N-ethyl adjacent to an activating group) is 1. The van der Waals surface area contributed by atoms with Gasteiger partial charge in [-0.05, 0) is 18.7 Å². The van der Waals surface area contributed by atoms with Gasteiger partial charge in [0.25, 0.3) is 0 Å². The van der Waals surface area contributed by atoms with Crippen molar-refractivity contribution in [3.8, 4) is 0 Å². The fourth-order valence-electron chi connectivity index (χ4n) is 2.35. The van der Waals surface area contributed by atoms with Gasteiger partial charge in [-0.2, -0.15) is 0 Å². The van der Waals surface area contributed by atoms with E-state index in [0.29, 0.717) is 17.8 Å². The zero-order chi connectivity index (χ0) is 15.3. The van der Waals surface area contributed by atoms with Crippen molar-refractivity contribution in [2.45, 2.75) is 5.75 Å². The summed E-state index contributed by atoms with van der Waals surface area (Å²) < 4.78 is 26.8. The average molecular weight is 312 g/mol. The number of hydrogen-bond donors (Lipinski definition) is 2. The molecule has 0 unspecified atom stereocenters. The molecule has 0 bridgehead atoms. The lowest BCUT2D eigenvalue weighted by atomic mass is 10.2. The summed E-state index contributed by atoms with van der Waals surface area (Å²) in [6.45, 7) is 5.24. The van der Waals surface area contributed by atoms with Crippen LogP contribution in [0.4, 0.5) is 5.69 Å². The number of nitrogens with two attached hydrogens (primary N) is 1. The smallest absolute Gasteiger partial charge is 0.215 e. The molecule has 1 heterocycles. The number of hydrogen-bond acceptors (Lipinski definition) is 5. The summed E-state index contributed by atoms with van der Waals surface area (Å²) in [6, 6.07) is 7.06. The van der Waals surface area contributed by atoms with Gasteiger partial charge < -0.3 is 10.6 Å². The van der Waals surface area contributed by atoms with E-state index in [0.717, 1.165) is 32.7 Å². The number of sulfonamides is 1. The number of anilines is 1. The number of nitrogen functional groups attached to an aromatic ring is 1. The Morgan fingerprint density at radius 3 is 2.52 bits per heavy atom. The molecule has 1 aromatic carbocycles. The van der Waals surface area contributed by atoms with Gasteiger partial charge in [-0.25, -0.2) is 13.1 Å². The van der Waals surface area contributed by atoms with Gasteiger partial charge in [0.05, 0.1) is 5.75 Å². The molecule has 0 amide bonds. The van der Waals surface area contributed by atoms with Crippen molar-refractivity contribution in [1.29, 1.82) is 0 Å². The first kappa shape index (κ1) is 16.2. The van der Waals surface area contributed by atoms with Crippen LogP contribution in [0.15, 0.2) is 24.3 Å².